The highest BCUT2D eigenvalue weighted by Crippen LogP contribution is 2.36. The molecule has 0 atom stereocenters. The van der Waals surface area contributed by atoms with Crippen molar-refractivity contribution < 1.29 is 14.3 Å². The summed E-state index contributed by atoms with van der Waals surface area (Å²) in [4.78, 5) is 28.8. The summed E-state index contributed by atoms with van der Waals surface area (Å²) in [6.07, 6.45) is 0. The first-order valence-corrected chi connectivity index (χ1v) is 16.2. The molecular weight excluding hydrogens is 835 g/mol. The molecule has 4 aromatic rings. The van der Waals surface area contributed by atoms with Gasteiger partial charge < -0.3 is 10.1 Å². The normalized spacial score (nSPS) is 11.3. The second-order valence-electron chi connectivity index (χ2n) is 8.94. The minimum atomic E-state index is -0.864. The second kappa shape index (κ2) is 12.7. The fourth-order valence-electron chi connectivity index (χ4n) is 3.92. The maximum atomic E-state index is 13.4. The Morgan fingerprint density at radius 1 is 0.763 bits per heavy atom. The van der Waals surface area contributed by atoms with Crippen LogP contribution in [0.25, 0.3) is 0 Å². The fraction of sp³-hybridized carbons (Fsp3) is 0.133. The Balaban J connectivity index is 1.63. The number of rotatable bonds is 7. The average molecular weight is 860 g/mol. The van der Waals surface area contributed by atoms with E-state index in [0.29, 0.717) is 14.8 Å². The quantitative estimate of drug-likeness (QED) is 0.115. The second-order valence-corrected chi connectivity index (χ2v) is 14.4. The van der Waals surface area contributed by atoms with Crippen LogP contribution in [-0.4, -0.2) is 11.9 Å². The Bertz CT molecular complexity index is 1420. The van der Waals surface area contributed by atoms with Gasteiger partial charge in [-0.3, -0.25) is 4.79 Å². The summed E-state index contributed by atoms with van der Waals surface area (Å²) >= 11 is 6.41. The van der Waals surface area contributed by atoms with E-state index in [9.17, 15) is 9.59 Å². The smallest absolute Gasteiger partial charge is 0.341 e. The Labute approximate surface area is 267 Å². The third kappa shape index (κ3) is 6.73. The van der Waals surface area contributed by atoms with Crippen LogP contribution in [0.5, 0.6) is 0 Å². The first-order valence-electron chi connectivity index (χ1n) is 11.7. The third-order valence-corrected chi connectivity index (χ3v) is 10.8. The zero-order valence-corrected chi connectivity index (χ0v) is 28.2. The van der Waals surface area contributed by atoms with E-state index < -0.39 is 11.6 Å². The summed E-state index contributed by atoms with van der Waals surface area (Å²) in [5, 5.41) is 2.84. The summed E-state index contributed by atoms with van der Waals surface area (Å²) in [5.41, 5.74) is 1.12. The molecule has 4 aromatic carbocycles. The molecular formula is C30H25I3NO3S+. The monoisotopic (exact) mass is 860 g/mol. The van der Waals surface area contributed by atoms with Gasteiger partial charge in [0.1, 0.15) is 5.60 Å². The van der Waals surface area contributed by atoms with Crippen LogP contribution in [-0.2, 0) is 26.0 Å². The van der Waals surface area contributed by atoms with Crippen LogP contribution in [0.1, 0.15) is 36.7 Å². The van der Waals surface area contributed by atoms with Crippen molar-refractivity contribution in [1.82, 2.24) is 0 Å². The maximum absolute atomic E-state index is 13.4. The van der Waals surface area contributed by atoms with E-state index in [1.165, 1.54) is 21.6 Å². The lowest BCUT2D eigenvalue weighted by atomic mass is 9.98. The van der Waals surface area contributed by atoms with Gasteiger partial charge >= 0.3 is 5.97 Å². The first kappa shape index (κ1) is 29.3. The van der Waals surface area contributed by atoms with E-state index in [1.54, 1.807) is 0 Å². The van der Waals surface area contributed by atoms with Crippen LogP contribution in [0.3, 0.4) is 0 Å². The van der Waals surface area contributed by atoms with Crippen molar-refractivity contribution in [2.24, 2.45) is 0 Å². The molecule has 0 heterocycles. The van der Waals surface area contributed by atoms with E-state index in [0.717, 1.165) is 12.7 Å². The minimum Gasteiger partial charge on any atom is -0.451 e. The lowest BCUT2D eigenvalue weighted by molar-refractivity contribution is -0.114. The standard InChI is InChI=1S/C30H24I3NO3S/c1-19(35)34-28-25(32)18-24(31)26(27(28)33)29(36)37-30(2,3)20-14-16-23(17-15-20)38(21-10-6-4-7-11-21)22-12-8-5-9-13-22/h4-18H,1-3H3/p+1. The highest BCUT2D eigenvalue weighted by atomic mass is 127. The molecule has 0 radical (unpaired) electrons. The Morgan fingerprint density at radius 2 is 1.26 bits per heavy atom. The number of hydrogen-bond acceptors (Lipinski definition) is 3. The largest absolute Gasteiger partial charge is 0.451 e. The van der Waals surface area contributed by atoms with Crippen LogP contribution in [0.2, 0.25) is 0 Å². The van der Waals surface area contributed by atoms with Crippen LogP contribution in [0, 0.1) is 10.7 Å². The first-order chi connectivity index (χ1) is 18.1. The number of anilines is 1. The molecule has 1 amide bonds. The molecule has 0 aliphatic rings. The maximum Gasteiger partial charge on any atom is 0.341 e. The van der Waals surface area contributed by atoms with Crippen molar-refractivity contribution in [2.45, 2.75) is 41.1 Å². The van der Waals surface area contributed by atoms with Crippen molar-refractivity contribution in [2.75, 3.05) is 5.32 Å². The van der Waals surface area contributed by atoms with Crippen LogP contribution < -0.4 is 5.32 Å². The highest BCUT2D eigenvalue weighted by Gasteiger charge is 2.32. The Hall–Kier alpha value is -1.64. The number of esters is 1. The van der Waals surface area contributed by atoms with Gasteiger partial charge in [-0.2, -0.15) is 0 Å². The number of amides is 1. The topological polar surface area (TPSA) is 55.4 Å². The molecule has 0 unspecified atom stereocenters. The molecule has 4 nitrogen and oxygen atoms in total. The molecule has 0 fully saturated rings. The molecule has 194 valence electrons. The third-order valence-electron chi connectivity index (χ3n) is 5.77. The zero-order valence-electron chi connectivity index (χ0n) is 20.9. The van der Waals surface area contributed by atoms with Gasteiger partial charge in [0.15, 0.2) is 14.7 Å². The molecule has 0 aliphatic heterocycles. The molecule has 1 N–H and O–H groups in total. The number of halogens is 3. The summed E-state index contributed by atoms with van der Waals surface area (Å²) in [7, 11) is -0.251. The summed E-state index contributed by atoms with van der Waals surface area (Å²) in [6, 6.07) is 31.2. The van der Waals surface area contributed by atoms with Gasteiger partial charge in [0.2, 0.25) is 5.91 Å². The number of benzene rings is 4. The molecule has 38 heavy (non-hydrogen) atoms. The number of ether oxygens (including phenoxy) is 1. The summed E-state index contributed by atoms with van der Waals surface area (Å²) in [5.74, 6) is -0.615. The molecule has 0 bridgehead atoms. The molecule has 0 aliphatic carbocycles. The predicted molar refractivity (Wildman–Crippen MR) is 179 cm³/mol. The van der Waals surface area contributed by atoms with Gasteiger partial charge in [-0.05, 0) is 130 Å². The van der Waals surface area contributed by atoms with Crippen molar-refractivity contribution in [3.63, 3.8) is 0 Å². The lowest BCUT2D eigenvalue weighted by Gasteiger charge is -2.26. The Morgan fingerprint density at radius 3 is 1.76 bits per heavy atom. The molecule has 4 rings (SSSR count). The van der Waals surface area contributed by atoms with E-state index in [-0.39, 0.29) is 16.8 Å². The molecule has 0 saturated carbocycles. The Kier molecular flexibility index (Phi) is 9.80. The molecule has 0 spiro atoms. The fourth-order valence-corrected chi connectivity index (χ4v) is 10.1. The minimum absolute atomic E-state index is 0.188. The van der Waals surface area contributed by atoms with Gasteiger partial charge in [0, 0.05) is 14.1 Å². The predicted octanol–water partition coefficient (Wildman–Crippen LogP) is 8.65. The number of carbonyl (C=O) groups excluding carboxylic acids is 2. The van der Waals surface area contributed by atoms with E-state index >= 15 is 0 Å². The van der Waals surface area contributed by atoms with Crippen LogP contribution >= 0.6 is 67.8 Å². The van der Waals surface area contributed by atoms with Crippen molar-refractivity contribution in [3.05, 3.63) is 113 Å². The molecule has 0 aromatic heterocycles. The number of carbonyl (C=O) groups is 2. The van der Waals surface area contributed by atoms with Gasteiger partial charge in [0.05, 0.1) is 25.7 Å². The number of nitrogens with one attached hydrogen (secondary N) is 1. The zero-order chi connectivity index (χ0) is 27.4. The van der Waals surface area contributed by atoms with E-state index in [4.69, 9.17) is 4.74 Å². The van der Waals surface area contributed by atoms with Crippen LogP contribution in [0.4, 0.5) is 5.69 Å². The van der Waals surface area contributed by atoms with E-state index in [1.807, 2.05) is 44.2 Å². The summed E-state index contributed by atoms with van der Waals surface area (Å²) < 4.78 is 8.39. The average Bonchev–Trinajstić information content (AvgIpc) is 2.88. The van der Waals surface area contributed by atoms with E-state index in [2.05, 4.69) is 134 Å². The van der Waals surface area contributed by atoms with Gasteiger partial charge in [-0.1, -0.05) is 48.5 Å². The van der Waals surface area contributed by atoms with Gasteiger partial charge in [-0.25, -0.2) is 4.79 Å². The SMILES string of the molecule is CC(=O)Nc1c(I)cc(I)c(C(=O)OC(C)(C)c2ccc([S+](c3ccccc3)c3ccccc3)cc2)c1I. The van der Waals surface area contributed by atoms with Crippen molar-refractivity contribution >= 4 is 96.2 Å². The van der Waals surface area contributed by atoms with Gasteiger partial charge in [-0.15, -0.1) is 0 Å². The van der Waals surface area contributed by atoms with Crippen molar-refractivity contribution in [1.29, 1.82) is 0 Å². The summed E-state index contributed by atoms with van der Waals surface area (Å²) in [6.45, 7) is 5.25. The van der Waals surface area contributed by atoms with Crippen molar-refractivity contribution in [3.8, 4) is 0 Å². The van der Waals surface area contributed by atoms with Crippen LogP contribution in [0.15, 0.2) is 106 Å². The molecule has 0 saturated heterocycles. The molecule has 8 heteroatoms. The number of hydrogen-bond donors (Lipinski definition) is 1. The van der Waals surface area contributed by atoms with Gasteiger partial charge in [0.25, 0.3) is 0 Å². The highest BCUT2D eigenvalue weighted by molar-refractivity contribution is 14.1. The lowest BCUT2D eigenvalue weighted by Crippen LogP contribution is -2.27.